The van der Waals surface area contributed by atoms with E-state index in [9.17, 15) is 0 Å². The molecular formula is C14H25NS. The van der Waals surface area contributed by atoms with Gasteiger partial charge in [0.15, 0.2) is 0 Å². The van der Waals surface area contributed by atoms with E-state index in [2.05, 4.69) is 50.5 Å². The van der Waals surface area contributed by atoms with Gasteiger partial charge in [-0.05, 0) is 30.2 Å². The quantitative estimate of drug-likeness (QED) is 0.732. The fraction of sp³-hybridized carbons (Fsp3) is 0.714. The molecule has 1 aromatic rings. The molecule has 0 aromatic carbocycles. The summed E-state index contributed by atoms with van der Waals surface area (Å²) in [5.74, 6) is 0.657. The van der Waals surface area contributed by atoms with Gasteiger partial charge in [0, 0.05) is 17.0 Å². The van der Waals surface area contributed by atoms with E-state index in [1.165, 1.54) is 24.1 Å². The van der Waals surface area contributed by atoms with E-state index in [4.69, 9.17) is 0 Å². The third kappa shape index (κ3) is 3.91. The first-order valence-electron chi connectivity index (χ1n) is 6.48. The molecule has 2 atom stereocenters. The normalized spacial score (nSPS) is 15.3. The van der Waals surface area contributed by atoms with Crippen LogP contribution in [0.5, 0.6) is 0 Å². The molecule has 1 N–H and O–H groups in total. The fourth-order valence-corrected chi connectivity index (χ4v) is 3.04. The van der Waals surface area contributed by atoms with Crippen LogP contribution in [0.1, 0.15) is 57.9 Å². The number of hydrogen-bond acceptors (Lipinski definition) is 2. The predicted molar refractivity (Wildman–Crippen MR) is 74.0 cm³/mol. The van der Waals surface area contributed by atoms with Crippen molar-refractivity contribution in [3.8, 4) is 0 Å². The molecule has 1 rings (SSSR count). The SMILES string of the molecule is CCCC(CC)NC(c1cccs1)C(C)C. The van der Waals surface area contributed by atoms with Crippen LogP contribution < -0.4 is 5.32 Å². The molecule has 0 aliphatic carbocycles. The van der Waals surface area contributed by atoms with Crippen LogP contribution in [0.3, 0.4) is 0 Å². The van der Waals surface area contributed by atoms with Crippen LogP contribution in [0.4, 0.5) is 0 Å². The van der Waals surface area contributed by atoms with Crippen molar-refractivity contribution in [1.82, 2.24) is 5.32 Å². The zero-order valence-electron chi connectivity index (χ0n) is 11.0. The molecule has 0 amide bonds. The van der Waals surface area contributed by atoms with E-state index < -0.39 is 0 Å². The highest BCUT2D eigenvalue weighted by Gasteiger charge is 2.19. The Bertz CT molecular complexity index is 266. The lowest BCUT2D eigenvalue weighted by atomic mass is 9.99. The van der Waals surface area contributed by atoms with Crippen molar-refractivity contribution in [3.05, 3.63) is 22.4 Å². The van der Waals surface area contributed by atoms with Crippen LogP contribution >= 0.6 is 11.3 Å². The number of thiophene rings is 1. The first kappa shape index (κ1) is 13.7. The lowest BCUT2D eigenvalue weighted by Gasteiger charge is -2.27. The van der Waals surface area contributed by atoms with Crippen molar-refractivity contribution in [3.63, 3.8) is 0 Å². The summed E-state index contributed by atoms with van der Waals surface area (Å²) in [4.78, 5) is 1.48. The Balaban J connectivity index is 2.64. The fourth-order valence-electron chi connectivity index (χ4n) is 2.08. The molecule has 0 radical (unpaired) electrons. The standard InChI is InChI=1S/C14H25NS/c1-5-8-12(6-2)15-14(11(3)4)13-9-7-10-16-13/h7,9-12,14-15H,5-6,8H2,1-4H3. The third-order valence-electron chi connectivity index (χ3n) is 3.06. The van der Waals surface area contributed by atoms with E-state index in [1.54, 1.807) is 0 Å². The van der Waals surface area contributed by atoms with Gasteiger partial charge in [-0.1, -0.05) is 40.2 Å². The number of rotatable bonds is 7. The second kappa shape index (κ2) is 7.08. The average molecular weight is 239 g/mol. The minimum absolute atomic E-state index is 0.525. The van der Waals surface area contributed by atoms with Crippen molar-refractivity contribution in [2.24, 2.45) is 5.92 Å². The van der Waals surface area contributed by atoms with Gasteiger partial charge in [0.25, 0.3) is 0 Å². The first-order chi connectivity index (χ1) is 7.69. The van der Waals surface area contributed by atoms with Crippen LogP contribution in [0.25, 0.3) is 0 Å². The molecule has 16 heavy (non-hydrogen) atoms. The second-order valence-electron chi connectivity index (χ2n) is 4.80. The highest BCUT2D eigenvalue weighted by Crippen LogP contribution is 2.27. The molecule has 0 saturated carbocycles. The lowest BCUT2D eigenvalue weighted by Crippen LogP contribution is -2.34. The molecule has 2 heteroatoms. The summed E-state index contributed by atoms with van der Waals surface area (Å²) in [6.07, 6.45) is 3.77. The molecule has 1 aromatic heterocycles. The molecule has 0 aliphatic rings. The Labute approximate surface area is 104 Å². The van der Waals surface area contributed by atoms with Crippen LogP contribution in [-0.2, 0) is 0 Å². The van der Waals surface area contributed by atoms with Gasteiger partial charge in [-0.3, -0.25) is 0 Å². The molecule has 1 heterocycles. The van der Waals surface area contributed by atoms with E-state index in [0.29, 0.717) is 18.0 Å². The van der Waals surface area contributed by atoms with Gasteiger partial charge >= 0.3 is 0 Å². The van der Waals surface area contributed by atoms with Crippen LogP contribution in [0.2, 0.25) is 0 Å². The Morgan fingerprint density at radius 1 is 1.31 bits per heavy atom. The summed E-state index contributed by atoms with van der Waals surface area (Å²) in [5.41, 5.74) is 0. The summed E-state index contributed by atoms with van der Waals surface area (Å²) in [6.45, 7) is 9.14. The predicted octanol–water partition coefficient (Wildman–Crippen LogP) is 4.61. The molecule has 0 bridgehead atoms. The third-order valence-corrected chi connectivity index (χ3v) is 4.02. The second-order valence-corrected chi connectivity index (χ2v) is 5.78. The van der Waals surface area contributed by atoms with E-state index in [0.717, 1.165) is 0 Å². The Morgan fingerprint density at radius 3 is 2.50 bits per heavy atom. The maximum absolute atomic E-state index is 3.82. The lowest BCUT2D eigenvalue weighted by molar-refractivity contribution is 0.343. The topological polar surface area (TPSA) is 12.0 Å². The molecule has 1 nitrogen and oxygen atoms in total. The van der Waals surface area contributed by atoms with Crippen LogP contribution in [0.15, 0.2) is 17.5 Å². The van der Waals surface area contributed by atoms with Crippen LogP contribution in [-0.4, -0.2) is 6.04 Å². The average Bonchev–Trinajstić information content (AvgIpc) is 2.76. The van der Waals surface area contributed by atoms with Crippen molar-refractivity contribution in [2.45, 2.75) is 59.0 Å². The summed E-state index contributed by atoms with van der Waals surface area (Å²) in [5, 5.41) is 5.99. The largest absolute Gasteiger partial charge is 0.306 e. The van der Waals surface area contributed by atoms with Gasteiger partial charge in [0.1, 0.15) is 0 Å². The molecule has 92 valence electrons. The van der Waals surface area contributed by atoms with Crippen LogP contribution in [0, 0.1) is 5.92 Å². The zero-order chi connectivity index (χ0) is 12.0. The molecule has 2 unspecified atom stereocenters. The monoisotopic (exact) mass is 239 g/mol. The highest BCUT2D eigenvalue weighted by molar-refractivity contribution is 7.10. The van der Waals surface area contributed by atoms with Gasteiger partial charge in [-0.25, -0.2) is 0 Å². The number of nitrogens with one attached hydrogen (secondary N) is 1. The van der Waals surface area contributed by atoms with Crippen molar-refractivity contribution < 1.29 is 0 Å². The highest BCUT2D eigenvalue weighted by atomic mass is 32.1. The van der Waals surface area contributed by atoms with Crippen molar-refractivity contribution in [1.29, 1.82) is 0 Å². The van der Waals surface area contributed by atoms with Crippen molar-refractivity contribution in [2.75, 3.05) is 0 Å². The maximum atomic E-state index is 3.82. The van der Waals surface area contributed by atoms with Gasteiger partial charge in [-0.2, -0.15) is 0 Å². The van der Waals surface area contributed by atoms with E-state index in [1.807, 2.05) is 11.3 Å². The number of hydrogen-bond donors (Lipinski definition) is 1. The molecular weight excluding hydrogens is 214 g/mol. The summed E-state index contributed by atoms with van der Waals surface area (Å²) >= 11 is 1.87. The van der Waals surface area contributed by atoms with Gasteiger partial charge in [-0.15, -0.1) is 11.3 Å². The Kier molecular flexibility index (Phi) is 6.07. The molecule has 0 spiro atoms. The van der Waals surface area contributed by atoms with E-state index >= 15 is 0 Å². The Morgan fingerprint density at radius 2 is 2.06 bits per heavy atom. The summed E-state index contributed by atoms with van der Waals surface area (Å²) in [7, 11) is 0. The van der Waals surface area contributed by atoms with Gasteiger partial charge in [0.2, 0.25) is 0 Å². The smallest absolute Gasteiger partial charge is 0.0440 e. The van der Waals surface area contributed by atoms with Gasteiger partial charge < -0.3 is 5.32 Å². The molecule has 0 aliphatic heterocycles. The van der Waals surface area contributed by atoms with Gasteiger partial charge in [0.05, 0.1) is 0 Å². The molecule has 0 saturated heterocycles. The van der Waals surface area contributed by atoms with Crippen molar-refractivity contribution >= 4 is 11.3 Å². The Hall–Kier alpha value is -0.340. The first-order valence-corrected chi connectivity index (χ1v) is 7.36. The minimum atomic E-state index is 0.525. The molecule has 0 fully saturated rings. The summed E-state index contributed by atoms with van der Waals surface area (Å²) in [6, 6.07) is 5.59. The maximum Gasteiger partial charge on any atom is 0.0440 e. The summed E-state index contributed by atoms with van der Waals surface area (Å²) < 4.78 is 0. The zero-order valence-corrected chi connectivity index (χ0v) is 11.8. The van der Waals surface area contributed by atoms with E-state index in [-0.39, 0.29) is 0 Å². The minimum Gasteiger partial charge on any atom is -0.306 e.